The SMILES string of the molecule is COc1ccc(Br)c(COc2ccc(C)c(C)c2)c1. The molecule has 2 rings (SSSR count). The van der Waals surface area contributed by atoms with Gasteiger partial charge in [-0.1, -0.05) is 22.0 Å². The van der Waals surface area contributed by atoms with Crippen molar-refractivity contribution in [2.24, 2.45) is 0 Å². The van der Waals surface area contributed by atoms with E-state index in [4.69, 9.17) is 9.47 Å². The number of hydrogen-bond acceptors (Lipinski definition) is 2. The zero-order valence-corrected chi connectivity index (χ0v) is 13.0. The molecule has 0 saturated carbocycles. The lowest BCUT2D eigenvalue weighted by Crippen LogP contribution is -1.98. The van der Waals surface area contributed by atoms with Crippen LogP contribution in [0, 0.1) is 13.8 Å². The van der Waals surface area contributed by atoms with E-state index in [-0.39, 0.29) is 0 Å². The van der Waals surface area contributed by atoms with Gasteiger partial charge in [-0.3, -0.25) is 0 Å². The molecular weight excluding hydrogens is 304 g/mol. The van der Waals surface area contributed by atoms with Crippen LogP contribution in [0.3, 0.4) is 0 Å². The fraction of sp³-hybridized carbons (Fsp3) is 0.250. The second kappa shape index (κ2) is 6.11. The Hall–Kier alpha value is -1.48. The van der Waals surface area contributed by atoms with Crippen molar-refractivity contribution in [3.8, 4) is 11.5 Å². The van der Waals surface area contributed by atoms with Crippen molar-refractivity contribution in [1.29, 1.82) is 0 Å². The lowest BCUT2D eigenvalue weighted by atomic mass is 10.1. The first-order valence-corrected chi connectivity index (χ1v) is 6.92. The van der Waals surface area contributed by atoms with Crippen molar-refractivity contribution in [3.63, 3.8) is 0 Å². The van der Waals surface area contributed by atoms with Crippen molar-refractivity contribution < 1.29 is 9.47 Å². The Morgan fingerprint density at radius 2 is 1.68 bits per heavy atom. The maximum atomic E-state index is 5.82. The van der Waals surface area contributed by atoms with Crippen molar-refractivity contribution in [2.75, 3.05) is 7.11 Å². The van der Waals surface area contributed by atoms with Crippen LogP contribution in [0.1, 0.15) is 16.7 Å². The van der Waals surface area contributed by atoms with E-state index in [1.165, 1.54) is 11.1 Å². The largest absolute Gasteiger partial charge is 0.497 e. The number of methoxy groups -OCH3 is 1. The fourth-order valence-corrected chi connectivity index (χ4v) is 2.11. The Bertz CT molecular complexity index is 579. The molecule has 0 aliphatic heterocycles. The van der Waals surface area contributed by atoms with Crippen molar-refractivity contribution in [3.05, 3.63) is 57.6 Å². The summed E-state index contributed by atoms with van der Waals surface area (Å²) < 4.78 is 12.1. The van der Waals surface area contributed by atoms with Crippen LogP contribution < -0.4 is 9.47 Å². The molecule has 0 spiro atoms. The molecule has 0 unspecified atom stereocenters. The van der Waals surface area contributed by atoms with Crippen LogP contribution in [-0.4, -0.2) is 7.11 Å². The lowest BCUT2D eigenvalue weighted by Gasteiger charge is -2.11. The Balaban J connectivity index is 2.11. The number of halogens is 1. The molecule has 0 aromatic heterocycles. The molecule has 2 nitrogen and oxygen atoms in total. The van der Waals surface area contributed by atoms with E-state index in [9.17, 15) is 0 Å². The van der Waals surface area contributed by atoms with Crippen LogP contribution >= 0.6 is 15.9 Å². The van der Waals surface area contributed by atoms with Crippen molar-refractivity contribution in [1.82, 2.24) is 0 Å². The second-order valence-corrected chi connectivity index (χ2v) is 5.35. The first kappa shape index (κ1) is 13.9. The summed E-state index contributed by atoms with van der Waals surface area (Å²) in [6.45, 7) is 4.70. The van der Waals surface area contributed by atoms with E-state index >= 15 is 0 Å². The fourth-order valence-electron chi connectivity index (χ4n) is 1.75. The molecule has 3 heteroatoms. The third kappa shape index (κ3) is 3.51. The Kier molecular flexibility index (Phi) is 4.48. The third-order valence-corrected chi connectivity index (χ3v) is 3.90. The summed E-state index contributed by atoms with van der Waals surface area (Å²) in [5.74, 6) is 1.72. The van der Waals surface area contributed by atoms with E-state index < -0.39 is 0 Å². The minimum Gasteiger partial charge on any atom is -0.497 e. The number of ether oxygens (including phenoxy) is 2. The molecular formula is C16H17BrO2. The molecule has 100 valence electrons. The minimum absolute atomic E-state index is 0.514. The molecule has 19 heavy (non-hydrogen) atoms. The van der Waals surface area contributed by atoms with Gasteiger partial charge in [0, 0.05) is 10.0 Å². The van der Waals surface area contributed by atoms with Gasteiger partial charge in [-0.15, -0.1) is 0 Å². The Labute approximate surface area is 122 Å². The second-order valence-electron chi connectivity index (χ2n) is 4.49. The molecule has 0 saturated heterocycles. The summed E-state index contributed by atoms with van der Waals surface area (Å²) in [7, 11) is 1.66. The van der Waals surface area contributed by atoms with Crippen LogP contribution in [0.25, 0.3) is 0 Å². The van der Waals surface area contributed by atoms with Crippen LogP contribution in [0.5, 0.6) is 11.5 Å². The summed E-state index contributed by atoms with van der Waals surface area (Å²) in [4.78, 5) is 0. The molecule has 2 aromatic rings. The monoisotopic (exact) mass is 320 g/mol. The highest BCUT2D eigenvalue weighted by atomic mass is 79.9. The van der Waals surface area contributed by atoms with Crippen LogP contribution in [0.15, 0.2) is 40.9 Å². The van der Waals surface area contributed by atoms with Gasteiger partial charge in [0.25, 0.3) is 0 Å². The molecule has 0 amide bonds. The van der Waals surface area contributed by atoms with Gasteiger partial charge in [-0.25, -0.2) is 0 Å². The highest BCUT2D eigenvalue weighted by molar-refractivity contribution is 9.10. The lowest BCUT2D eigenvalue weighted by molar-refractivity contribution is 0.304. The summed E-state index contributed by atoms with van der Waals surface area (Å²) >= 11 is 3.52. The Morgan fingerprint density at radius 1 is 0.947 bits per heavy atom. The summed E-state index contributed by atoms with van der Waals surface area (Å²) in [6, 6.07) is 12.0. The predicted molar refractivity (Wildman–Crippen MR) is 80.9 cm³/mol. The van der Waals surface area contributed by atoms with Gasteiger partial charge in [-0.2, -0.15) is 0 Å². The van der Waals surface area contributed by atoms with Crippen LogP contribution in [0.4, 0.5) is 0 Å². The number of rotatable bonds is 4. The standard InChI is InChI=1S/C16H17BrO2/c1-11-4-5-15(8-12(11)2)19-10-13-9-14(18-3)6-7-16(13)17/h4-9H,10H2,1-3H3. The van der Waals surface area contributed by atoms with Crippen molar-refractivity contribution >= 4 is 15.9 Å². The van der Waals surface area contributed by atoms with Gasteiger partial charge in [0.05, 0.1) is 7.11 Å². The third-order valence-electron chi connectivity index (χ3n) is 3.13. The molecule has 0 radical (unpaired) electrons. The zero-order valence-electron chi connectivity index (χ0n) is 11.4. The highest BCUT2D eigenvalue weighted by Gasteiger charge is 2.04. The molecule has 0 N–H and O–H groups in total. The maximum Gasteiger partial charge on any atom is 0.120 e. The molecule has 2 aromatic carbocycles. The normalized spacial score (nSPS) is 10.3. The number of benzene rings is 2. The van der Waals surface area contributed by atoms with Gasteiger partial charge in [0.1, 0.15) is 18.1 Å². The number of aryl methyl sites for hydroxylation is 2. The summed E-state index contributed by atoms with van der Waals surface area (Å²) in [6.07, 6.45) is 0. The maximum absolute atomic E-state index is 5.82. The molecule has 0 aliphatic carbocycles. The average Bonchev–Trinajstić information content (AvgIpc) is 2.41. The van der Waals surface area contributed by atoms with Crippen LogP contribution in [0.2, 0.25) is 0 Å². The summed E-state index contributed by atoms with van der Waals surface area (Å²) in [5.41, 5.74) is 3.58. The van der Waals surface area contributed by atoms with Gasteiger partial charge in [0.15, 0.2) is 0 Å². The van der Waals surface area contributed by atoms with E-state index in [2.05, 4.69) is 41.9 Å². The molecule has 0 bridgehead atoms. The molecule has 0 heterocycles. The number of hydrogen-bond donors (Lipinski definition) is 0. The van der Waals surface area contributed by atoms with Crippen molar-refractivity contribution in [2.45, 2.75) is 20.5 Å². The predicted octanol–water partition coefficient (Wildman–Crippen LogP) is 4.65. The summed E-state index contributed by atoms with van der Waals surface area (Å²) in [5, 5.41) is 0. The molecule has 0 aliphatic rings. The zero-order chi connectivity index (χ0) is 13.8. The average molecular weight is 321 g/mol. The molecule has 0 atom stereocenters. The van der Waals surface area contributed by atoms with E-state index in [1.807, 2.05) is 24.3 Å². The van der Waals surface area contributed by atoms with E-state index in [1.54, 1.807) is 7.11 Å². The first-order valence-electron chi connectivity index (χ1n) is 6.12. The molecule has 0 fully saturated rings. The van der Waals surface area contributed by atoms with E-state index in [0.717, 1.165) is 21.5 Å². The smallest absolute Gasteiger partial charge is 0.120 e. The van der Waals surface area contributed by atoms with Gasteiger partial charge < -0.3 is 9.47 Å². The quantitative estimate of drug-likeness (QED) is 0.816. The Morgan fingerprint density at radius 3 is 2.37 bits per heavy atom. The minimum atomic E-state index is 0.514. The van der Waals surface area contributed by atoms with Gasteiger partial charge >= 0.3 is 0 Å². The highest BCUT2D eigenvalue weighted by Crippen LogP contribution is 2.24. The topological polar surface area (TPSA) is 18.5 Å². The van der Waals surface area contributed by atoms with Gasteiger partial charge in [-0.05, 0) is 55.3 Å². The van der Waals surface area contributed by atoms with Crippen LogP contribution in [-0.2, 0) is 6.61 Å². The van der Waals surface area contributed by atoms with E-state index in [0.29, 0.717) is 6.61 Å². The first-order chi connectivity index (χ1) is 9.10. The van der Waals surface area contributed by atoms with Gasteiger partial charge in [0.2, 0.25) is 0 Å².